The van der Waals surface area contributed by atoms with Gasteiger partial charge in [0.1, 0.15) is 90.0 Å². The van der Waals surface area contributed by atoms with Crippen molar-refractivity contribution >= 4 is 117 Å². The minimum absolute atomic E-state index is 0.0236. The fraction of sp³-hybridized carbons (Fsp3) is 0.438. The maximum absolute atomic E-state index is 15.8. The van der Waals surface area contributed by atoms with Gasteiger partial charge in [0.15, 0.2) is 11.6 Å². The highest BCUT2D eigenvalue weighted by Crippen LogP contribution is 2.29. The lowest BCUT2D eigenvalue weighted by Gasteiger charge is -2.38. The molecule has 734 valence electrons. The van der Waals surface area contributed by atoms with Crippen molar-refractivity contribution < 1.29 is 111 Å². The zero-order valence-corrected chi connectivity index (χ0v) is 77.5. The van der Waals surface area contributed by atoms with Gasteiger partial charge in [-0.1, -0.05) is 143 Å². The molecule has 4 heterocycles. The fourth-order valence-electron chi connectivity index (χ4n) is 16.8. The zero-order chi connectivity index (χ0) is 99.6. The number of hydrogen-bond acceptors (Lipinski definition) is 22. The first-order chi connectivity index (χ1) is 65.3. The third-order valence-corrected chi connectivity index (χ3v) is 25.4. The number of aromatic nitrogens is 1. The minimum atomic E-state index is -2.04. The molecule has 38 nitrogen and oxygen atoms in total. The van der Waals surface area contributed by atoms with Crippen LogP contribution in [-0.2, 0) is 115 Å². The molecule has 10 rings (SSSR count). The largest absolute Gasteiger partial charge is 0.508 e. The Morgan fingerprint density at radius 3 is 1.54 bits per heavy atom. The number of benzene rings is 6. The molecule has 1 aromatic heterocycles. The summed E-state index contributed by atoms with van der Waals surface area (Å²) in [4.78, 5) is 247. The molecule has 0 bridgehead atoms. The van der Waals surface area contributed by atoms with E-state index in [9.17, 15) is 63.5 Å². The number of aromatic amines is 1. The van der Waals surface area contributed by atoms with Crippen molar-refractivity contribution in [3.63, 3.8) is 0 Å². The first-order valence-electron chi connectivity index (χ1n) is 45.2. The molecule has 0 spiro atoms. The summed E-state index contributed by atoms with van der Waals surface area (Å²) in [5.41, 5.74) is 14.1. The number of para-hydroxylation sites is 1. The molecule has 7 aromatic rings. The number of aliphatic carboxylic acids is 1. The summed E-state index contributed by atoms with van der Waals surface area (Å²) in [6, 6.07) is 15.3. The summed E-state index contributed by atoms with van der Waals surface area (Å²) < 4.78 is 29.9. The number of H-pyrrole nitrogens is 1. The number of rotatable bonds is 24. The fourth-order valence-corrected chi connectivity index (χ4v) is 17.7. The van der Waals surface area contributed by atoms with E-state index >= 15 is 47.5 Å². The molecule has 19 N–H and O–H groups in total. The predicted octanol–water partition coefficient (Wildman–Crippen LogP) is 0.304. The second kappa shape index (κ2) is 49.5. The van der Waals surface area contributed by atoms with Crippen LogP contribution in [0, 0.1) is 17.6 Å². The summed E-state index contributed by atoms with van der Waals surface area (Å²) >= 11 is 0.691. The number of primary amides is 1. The molecule has 3 aliphatic rings. The lowest BCUT2D eigenvalue weighted by atomic mass is 9.98. The quantitative estimate of drug-likeness (QED) is 0.0387. The standard InChI is InChI=1S/C96H119F2N17O21S/c1-7-8-25-75-95(135)115-50-63(119)45-78(115)91(131)107-71(46-82(122)123)88(128)110-83(53(2)3)96(136)112(5)76(41-54-18-11-9-12-19-54)89(129)108-73(39-57-28-33-61(117)34-29-57)93(133)114-49-62(118)44-77(114)90(130)106-70(43-59-47-101-67-23-16-15-22-64(59)67)87(127)105-69(38-56-26-31-60(116)32-27-56)86(126)104-68(24-17-36-99)85(125)109-74(84(124)102-48-80(100)120)51-137-52-81(121)103-72(40-58-30-35-65(97)66(98)37-58)92(132)113(6)79(94(134)111(75)4)42-55-20-13-10-14-21-55/h9-16,18-23,26-35,37,47,53,62-63,68-79,83,101,116-119H,7-8,17,24-25,36,38-46,48-52,99H2,1-6H3,(H2,100,120)(H,102,124)(H,103,121)(H,104,126)(H,105,127)(H,106,130)(H,107,131)(H,108,129)(H,109,125)(H,110,128)(H,122,123)/t62-,63-,68-,69-,70-,71-,72-,73-,74-,75-,76-,77+,78+,79-,83-/m0/s1. The average Bonchev–Trinajstić information content (AvgIpc) is 1.72. The number of hydrogen-bond donors (Lipinski definition) is 17. The molecule has 137 heavy (non-hydrogen) atoms. The number of nitrogens with one attached hydrogen (secondary N) is 10. The highest BCUT2D eigenvalue weighted by Gasteiger charge is 2.48. The van der Waals surface area contributed by atoms with E-state index in [2.05, 4.69) is 52.8 Å². The molecule has 0 unspecified atom stereocenters. The lowest BCUT2D eigenvalue weighted by molar-refractivity contribution is -0.152. The van der Waals surface area contributed by atoms with Gasteiger partial charge in [-0.25, -0.2) is 8.78 Å². The van der Waals surface area contributed by atoms with Crippen LogP contribution in [0.3, 0.4) is 0 Å². The number of aliphatic hydroxyl groups is 2. The molecule has 3 aliphatic heterocycles. The van der Waals surface area contributed by atoms with Gasteiger partial charge in [0.2, 0.25) is 88.6 Å². The number of phenols is 2. The van der Waals surface area contributed by atoms with E-state index in [1.165, 1.54) is 83.5 Å². The molecule has 0 saturated carbocycles. The normalized spacial score (nSPS) is 24.3. The summed E-state index contributed by atoms with van der Waals surface area (Å²) in [5.74, 6) is -22.0. The number of nitrogens with two attached hydrogens (primary N) is 2. The number of carboxylic acid groups (broad SMARTS) is 1. The van der Waals surface area contributed by atoms with Crippen LogP contribution in [-0.4, -0.2) is 299 Å². The topological polar surface area (TPSA) is 567 Å². The van der Waals surface area contributed by atoms with Crippen LogP contribution in [0.1, 0.15) is 106 Å². The number of likely N-dealkylation sites (N-methyl/N-ethyl adjacent to an activating group) is 3. The Bertz CT molecular complexity index is 5470. The van der Waals surface area contributed by atoms with Gasteiger partial charge < -0.3 is 114 Å². The number of carbonyl (C=O) groups excluding carboxylic acids is 15. The smallest absolute Gasteiger partial charge is 0.305 e. The van der Waals surface area contributed by atoms with Gasteiger partial charge in [0.05, 0.1) is 30.9 Å². The van der Waals surface area contributed by atoms with Gasteiger partial charge in [-0.3, -0.25) is 76.7 Å². The molecular formula is C96H119F2N17O21S. The number of nitrogens with zero attached hydrogens (tertiary/aromatic N) is 5. The van der Waals surface area contributed by atoms with Gasteiger partial charge in [0.25, 0.3) is 0 Å². The first-order valence-corrected chi connectivity index (χ1v) is 46.3. The summed E-state index contributed by atoms with van der Waals surface area (Å²) in [5, 5.41) is 78.5. The Morgan fingerprint density at radius 1 is 0.489 bits per heavy atom. The molecule has 6 aromatic carbocycles. The third kappa shape index (κ3) is 29.1. The molecule has 0 radical (unpaired) electrons. The van der Waals surface area contributed by atoms with E-state index in [0.29, 0.717) is 56.9 Å². The minimum Gasteiger partial charge on any atom is -0.508 e. The summed E-state index contributed by atoms with van der Waals surface area (Å²) in [7, 11) is 3.72. The SMILES string of the molecule is CCCC[C@H]1C(=O)N2C[C@@H](O)C[C@@H]2C(=O)N[C@@H](CC(=O)O)C(=O)N[C@@H](C(C)C)C(=O)N(C)[C@@H](Cc2ccccc2)C(=O)N[C@@H](Cc2ccc(O)cc2)C(=O)N2C[C@@H](O)C[C@@H]2C(=O)N[C@@H](Cc2c[nH]c3ccccc23)C(=O)N[C@@H](Cc2ccc(O)cc2)C(=O)N[C@@H](CCCN)C(=O)N[C@H](C(=O)NCC(N)=O)CSCC(=O)N[C@@H](Cc2ccc(F)c(F)c2)C(=O)N(C)[C@@H](Cc2ccccc2)C(=O)N1C. The van der Waals surface area contributed by atoms with Crippen LogP contribution in [0.15, 0.2) is 158 Å². The molecular weight excluding hydrogens is 1800 g/mol. The molecule has 15 atom stereocenters. The molecule has 3 saturated heterocycles. The average molecular weight is 1920 g/mol. The lowest BCUT2D eigenvalue weighted by Crippen LogP contribution is -2.62. The Labute approximate surface area is 793 Å². The van der Waals surface area contributed by atoms with E-state index < -0.39 is 260 Å². The van der Waals surface area contributed by atoms with Gasteiger partial charge in [-0.05, 0) is 108 Å². The first kappa shape index (κ1) is 105. The molecule has 41 heteroatoms. The number of carbonyl (C=O) groups is 16. The van der Waals surface area contributed by atoms with Crippen molar-refractivity contribution in [1.82, 2.24) is 77.3 Å². The van der Waals surface area contributed by atoms with Crippen molar-refractivity contribution in [3.05, 3.63) is 203 Å². The number of carboxylic acids is 1. The van der Waals surface area contributed by atoms with E-state index in [4.69, 9.17) is 11.5 Å². The Balaban J connectivity index is 1.07. The van der Waals surface area contributed by atoms with Crippen molar-refractivity contribution in [3.8, 4) is 11.5 Å². The summed E-state index contributed by atoms with van der Waals surface area (Å²) in [6.07, 6.45) is -5.31. The monoisotopic (exact) mass is 1920 g/mol. The molecule has 0 aliphatic carbocycles. The van der Waals surface area contributed by atoms with Crippen molar-refractivity contribution in [2.75, 3.05) is 58.8 Å². The van der Waals surface area contributed by atoms with Gasteiger partial charge in [-0.2, -0.15) is 0 Å². The maximum atomic E-state index is 15.8. The van der Waals surface area contributed by atoms with Gasteiger partial charge >= 0.3 is 5.97 Å². The van der Waals surface area contributed by atoms with Crippen molar-refractivity contribution in [2.45, 2.75) is 201 Å². The van der Waals surface area contributed by atoms with Crippen LogP contribution in [0.2, 0.25) is 0 Å². The van der Waals surface area contributed by atoms with Crippen LogP contribution in [0.5, 0.6) is 11.5 Å². The number of amides is 15. The molecule has 15 amide bonds. The number of halogens is 2. The van der Waals surface area contributed by atoms with Crippen LogP contribution >= 0.6 is 11.8 Å². The van der Waals surface area contributed by atoms with E-state index in [1.807, 2.05) is 0 Å². The maximum Gasteiger partial charge on any atom is 0.305 e. The van der Waals surface area contributed by atoms with Gasteiger partial charge in [0, 0.05) is 108 Å². The van der Waals surface area contributed by atoms with E-state index in [0.717, 1.165) is 42.7 Å². The number of aromatic hydroxyl groups is 2. The second-order valence-corrected chi connectivity index (χ2v) is 35.9. The number of fused-ring (bicyclic) bond motifs is 3. The zero-order valence-electron chi connectivity index (χ0n) is 76.7. The Morgan fingerprint density at radius 2 is 0.971 bits per heavy atom. The summed E-state index contributed by atoms with van der Waals surface area (Å²) in [6.45, 7) is 2.88. The van der Waals surface area contributed by atoms with Gasteiger partial charge in [-0.15, -0.1) is 11.8 Å². The number of aliphatic hydroxyl groups excluding tert-OH is 2. The van der Waals surface area contributed by atoms with Crippen molar-refractivity contribution in [1.29, 1.82) is 0 Å². The third-order valence-electron chi connectivity index (χ3n) is 24.4. The predicted molar refractivity (Wildman–Crippen MR) is 498 cm³/mol. The Hall–Kier alpha value is -13.9. The van der Waals surface area contributed by atoms with Crippen molar-refractivity contribution in [2.24, 2.45) is 17.4 Å². The van der Waals surface area contributed by atoms with E-state index in [-0.39, 0.29) is 81.4 Å². The van der Waals surface area contributed by atoms with Crippen LogP contribution in [0.4, 0.5) is 8.78 Å². The van der Waals surface area contributed by atoms with Crippen LogP contribution in [0.25, 0.3) is 10.9 Å². The van der Waals surface area contributed by atoms with Crippen LogP contribution < -0.4 is 59.3 Å². The molecule has 3 fully saturated rings. The number of thioether (sulfide) groups is 1. The number of phenolic OH excluding ortho intramolecular Hbond substituents is 2. The number of unbranched alkanes of at least 4 members (excludes halogenated alkanes) is 1. The van der Waals surface area contributed by atoms with E-state index in [1.54, 1.807) is 98.0 Å². The highest BCUT2D eigenvalue weighted by molar-refractivity contribution is 8.00. The second-order valence-electron chi connectivity index (χ2n) is 34.9. The highest BCUT2D eigenvalue weighted by atomic mass is 32.2. The Kier molecular flexibility index (Phi) is 38.0.